The monoisotopic (exact) mass is 551 g/mol. The van der Waals surface area contributed by atoms with Crippen molar-refractivity contribution in [1.82, 2.24) is 20.9 Å². The van der Waals surface area contributed by atoms with Crippen LogP contribution in [0.4, 0.5) is 0 Å². The highest BCUT2D eigenvalue weighted by atomic mass is 127. The molecule has 0 aliphatic heterocycles. The summed E-state index contributed by atoms with van der Waals surface area (Å²) in [5.74, 6) is 0.746. The van der Waals surface area contributed by atoms with Crippen molar-refractivity contribution in [2.45, 2.75) is 39.3 Å². The van der Waals surface area contributed by atoms with Crippen LogP contribution >= 0.6 is 24.0 Å². The molecule has 0 heterocycles. The zero-order chi connectivity index (χ0) is 22.5. The highest BCUT2D eigenvalue weighted by Crippen LogP contribution is 2.08. The Labute approximate surface area is 210 Å². The van der Waals surface area contributed by atoms with E-state index in [0.717, 1.165) is 37.5 Å². The number of amides is 1. The molecule has 1 amide bonds. The summed E-state index contributed by atoms with van der Waals surface area (Å²) in [6, 6.07) is 18.5. The predicted octanol–water partition coefficient (Wildman–Crippen LogP) is 3.67. The summed E-state index contributed by atoms with van der Waals surface area (Å²) >= 11 is 0. The highest BCUT2D eigenvalue weighted by Gasteiger charge is 2.08. The lowest BCUT2D eigenvalue weighted by Gasteiger charge is -2.18. The van der Waals surface area contributed by atoms with Crippen LogP contribution in [-0.2, 0) is 13.0 Å². The van der Waals surface area contributed by atoms with Crippen LogP contribution in [0.15, 0.2) is 59.6 Å². The largest absolute Gasteiger partial charge is 0.357 e. The van der Waals surface area contributed by atoms with E-state index < -0.39 is 0 Å². The molecule has 2 aromatic rings. The molecule has 0 fully saturated rings. The van der Waals surface area contributed by atoms with Gasteiger partial charge in [-0.2, -0.15) is 0 Å². The summed E-state index contributed by atoms with van der Waals surface area (Å²) in [6.07, 6.45) is 2.05. The van der Waals surface area contributed by atoms with Crippen molar-refractivity contribution in [3.8, 4) is 0 Å². The SMILES string of the molecule is CCNC(=NCc1cccc(C(=O)NCCN(C)C)c1)NC(C)CCc1ccccc1.I. The fourth-order valence-corrected chi connectivity index (χ4v) is 3.13. The van der Waals surface area contributed by atoms with Crippen LogP contribution in [0, 0.1) is 0 Å². The van der Waals surface area contributed by atoms with Crippen LogP contribution in [0.5, 0.6) is 0 Å². The molecule has 6 nitrogen and oxygen atoms in total. The lowest BCUT2D eigenvalue weighted by atomic mass is 10.1. The van der Waals surface area contributed by atoms with Gasteiger partial charge in [0.25, 0.3) is 5.91 Å². The van der Waals surface area contributed by atoms with Gasteiger partial charge in [-0.15, -0.1) is 24.0 Å². The van der Waals surface area contributed by atoms with E-state index in [0.29, 0.717) is 24.7 Å². The van der Waals surface area contributed by atoms with Gasteiger partial charge in [-0.25, -0.2) is 4.99 Å². The van der Waals surface area contributed by atoms with E-state index in [-0.39, 0.29) is 29.9 Å². The molecule has 7 heteroatoms. The maximum absolute atomic E-state index is 12.4. The lowest BCUT2D eigenvalue weighted by Crippen LogP contribution is -2.42. The number of hydrogen-bond acceptors (Lipinski definition) is 3. The molecule has 3 N–H and O–H groups in total. The van der Waals surface area contributed by atoms with E-state index >= 15 is 0 Å². The van der Waals surface area contributed by atoms with Gasteiger partial charge < -0.3 is 20.9 Å². The van der Waals surface area contributed by atoms with Crippen LogP contribution in [0.25, 0.3) is 0 Å². The first-order chi connectivity index (χ1) is 15.0. The van der Waals surface area contributed by atoms with E-state index in [1.54, 1.807) is 0 Å². The van der Waals surface area contributed by atoms with Crippen molar-refractivity contribution in [3.05, 3.63) is 71.3 Å². The fraction of sp³-hybridized carbons (Fsp3) is 0.440. The normalized spacial score (nSPS) is 12.1. The van der Waals surface area contributed by atoms with Gasteiger partial charge in [0.2, 0.25) is 0 Å². The summed E-state index contributed by atoms with van der Waals surface area (Å²) in [7, 11) is 3.98. The number of nitrogens with one attached hydrogen (secondary N) is 3. The first-order valence-corrected chi connectivity index (χ1v) is 11.1. The Morgan fingerprint density at radius 3 is 2.44 bits per heavy atom. The second-order valence-corrected chi connectivity index (χ2v) is 8.02. The topological polar surface area (TPSA) is 68.8 Å². The Morgan fingerprint density at radius 1 is 1.03 bits per heavy atom. The number of carbonyl (C=O) groups is 1. The van der Waals surface area contributed by atoms with E-state index in [1.165, 1.54) is 5.56 Å². The molecule has 2 rings (SSSR count). The number of hydrogen-bond donors (Lipinski definition) is 3. The summed E-state index contributed by atoms with van der Waals surface area (Å²) in [5, 5.41) is 9.76. The van der Waals surface area contributed by atoms with Gasteiger partial charge in [-0.3, -0.25) is 4.79 Å². The minimum Gasteiger partial charge on any atom is -0.357 e. The van der Waals surface area contributed by atoms with E-state index in [9.17, 15) is 4.79 Å². The maximum atomic E-state index is 12.4. The summed E-state index contributed by atoms with van der Waals surface area (Å²) in [4.78, 5) is 19.1. The first kappa shape index (κ1) is 27.9. The Kier molecular flexibility index (Phi) is 13.6. The molecule has 0 aliphatic carbocycles. The molecule has 1 unspecified atom stereocenters. The molecular formula is C25H38IN5O. The molecule has 1 atom stereocenters. The first-order valence-electron chi connectivity index (χ1n) is 11.1. The number of nitrogens with zero attached hydrogens (tertiary/aromatic N) is 2. The Morgan fingerprint density at radius 2 is 1.75 bits per heavy atom. The molecule has 2 aromatic carbocycles. The third-order valence-electron chi connectivity index (χ3n) is 4.89. The van der Waals surface area contributed by atoms with Crippen LogP contribution in [0.3, 0.4) is 0 Å². The molecule has 0 spiro atoms. The van der Waals surface area contributed by atoms with Gasteiger partial charge in [0.15, 0.2) is 5.96 Å². The quantitative estimate of drug-likeness (QED) is 0.227. The molecule has 176 valence electrons. The molecule has 0 aromatic heterocycles. The zero-order valence-electron chi connectivity index (χ0n) is 19.7. The molecule has 0 saturated heterocycles. The predicted molar refractivity (Wildman–Crippen MR) is 145 cm³/mol. The minimum absolute atomic E-state index is 0. The molecule has 0 radical (unpaired) electrons. The van der Waals surface area contributed by atoms with Crippen molar-refractivity contribution < 1.29 is 4.79 Å². The third kappa shape index (κ3) is 10.9. The molecule has 0 bridgehead atoms. The van der Waals surface area contributed by atoms with Gasteiger partial charge in [0, 0.05) is 31.2 Å². The van der Waals surface area contributed by atoms with E-state index in [2.05, 4.69) is 54.1 Å². The van der Waals surface area contributed by atoms with Gasteiger partial charge in [0.05, 0.1) is 6.54 Å². The molecular weight excluding hydrogens is 513 g/mol. The van der Waals surface area contributed by atoms with Gasteiger partial charge in [-0.05, 0) is 64.0 Å². The average Bonchev–Trinajstić information content (AvgIpc) is 2.77. The summed E-state index contributed by atoms with van der Waals surface area (Å²) < 4.78 is 0. The fourth-order valence-electron chi connectivity index (χ4n) is 3.13. The lowest BCUT2D eigenvalue weighted by molar-refractivity contribution is 0.0951. The van der Waals surface area contributed by atoms with E-state index in [4.69, 9.17) is 4.99 Å². The van der Waals surface area contributed by atoms with Gasteiger partial charge >= 0.3 is 0 Å². The van der Waals surface area contributed by atoms with Crippen LogP contribution < -0.4 is 16.0 Å². The number of halogens is 1. The number of guanidine groups is 1. The van der Waals surface area contributed by atoms with Crippen molar-refractivity contribution in [1.29, 1.82) is 0 Å². The Balaban J connectivity index is 0.00000512. The average molecular weight is 552 g/mol. The summed E-state index contributed by atoms with van der Waals surface area (Å²) in [5.41, 5.74) is 3.02. The van der Waals surface area contributed by atoms with E-state index in [1.807, 2.05) is 49.3 Å². The zero-order valence-corrected chi connectivity index (χ0v) is 22.1. The second kappa shape index (κ2) is 15.6. The van der Waals surface area contributed by atoms with Crippen molar-refractivity contribution in [3.63, 3.8) is 0 Å². The van der Waals surface area contributed by atoms with Crippen LogP contribution in [0.1, 0.15) is 41.8 Å². The van der Waals surface area contributed by atoms with Crippen molar-refractivity contribution >= 4 is 35.8 Å². The van der Waals surface area contributed by atoms with Crippen molar-refractivity contribution in [2.75, 3.05) is 33.7 Å². The number of aryl methyl sites for hydroxylation is 1. The van der Waals surface area contributed by atoms with Gasteiger partial charge in [-0.1, -0.05) is 42.5 Å². The van der Waals surface area contributed by atoms with Gasteiger partial charge in [0.1, 0.15) is 0 Å². The van der Waals surface area contributed by atoms with Crippen LogP contribution in [-0.4, -0.2) is 56.5 Å². The number of aliphatic imine (C=N–C) groups is 1. The smallest absolute Gasteiger partial charge is 0.251 e. The standard InChI is InChI=1S/C25H37N5O.HI/c1-5-26-25(29-20(2)14-15-21-10-7-6-8-11-21)28-19-22-12-9-13-23(18-22)24(31)27-16-17-30(3)4;/h6-13,18,20H,5,14-17,19H2,1-4H3,(H,27,31)(H2,26,28,29);1H. The number of carbonyl (C=O) groups excluding carboxylic acids is 1. The van der Waals surface area contributed by atoms with Crippen LogP contribution in [0.2, 0.25) is 0 Å². The number of benzene rings is 2. The molecule has 0 saturated carbocycles. The Hall–Kier alpha value is -2.13. The number of likely N-dealkylation sites (N-methyl/N-ethyl adjacent to an activating group) is 1. The highest BCUT2D eigenvalue weighted by molar-refractivity contribution is 14.0. The summed E-state index contributed by atoms with van der Waals surface area (Å²) in [6.45, 7) is 6.99. The molecule has 0 aliphatic rings. The second-order valence-electron chi connectivity index (χ2n) is 8.02. The molecule has 32 heavy (non-hydrogen) atoms. The van der Waals surface area contributed by atoms with Crippen molar-refractivity contribution in [2.24, 2.45) is 4.99 Å². The minimum atomic E-state index is -0.0488. The Bertz CT molecular complexity index is 826. The third-order valence-corrected chi connectivity index (χ3v) is 4.89. The maximum Gasteiger partial charge on any atom is 0.251 e. The number of rotatable bonds is 11.